The zero-order valence-corrected chi connectivity index (χ0v) is 14.0. The first-order chi connectivity index (χ1) is 10.6. The van der Waals surface area contributed by atoms with Crippen molar-refractivity contribution >= 4 is 10.9 Å². The lowest BCUT2D eigenvalue weighted by Crippen LogP contribution is -2.32. The molecule has 1 heterocycles. The normalized spacial score (nSPS) is 11.1. The third-order valence-corrected chi connectivity index (χ3v) is 4.45. The van der Waals surface area contributed by atoms with Crippen molar-refractivity contribution in [2.75, 3.05) is 0 Å². The van der Waals surface area contributed by atoms with Crippen LogP contribution in [0.2, 0.25) is 0 Å². The van der Waals surface area contributed by atoms with E-state index in [1.807, 2.05) is 0 Å². The van der Waals surface area contributed by atoms with Gasteiger partial charge in [0, 0.05) is 23.1 Å². The Morgan fingerprint density at radius 3 is 2.45 bits per heavy atom. The van der Waals surface area contributed by atoms with Gasteiger partial charge in [0.25, 0.3) is 0 Å². The molecule has 0 amide bonds. The Bertz CT molecular complexity index is 831. The van der Waals surface area contributed by atoms with Crippen molar-refractivity contribution in [3.8, 4) is 11.3 Å². The van der Waals surface area contributed by atoms with Gasteiger partial charge in [0.2, 0.25) is 11.2 Å². The molecule has 0 saturated heterocycles. The smallest absolute Gasteiger partial charge is 0.194 e. The minimum Gasteiger partial charge on any atom is -0.194 e. The van der Waals surface area contributed by atoms with Crippen molar-refractivity contribution in [2.45, 2.75) is 33.6 Å². The Labute approximate surface area is 133 Å². The summed E-state index contributed by atoms with van der Waals surface area (Å²) in [5, 5.41) is 1.30. The van der Waals surface area contributed by atoms with Crippen molar-refractivity contribution < 1.29 is 4.57 Å². The number of fused-ring (bicyclic) bond motifs is 1. The van der Waals surface area contributed by atoms with Crippen LogP contribution < -0.4 is 4.57 Å². The van der Waals surface area contributed by atoms with Crippen LogP contribution in [0.1, 0.15) is 30.0 Å². The predicted octanol–water partition coefficient (Wildman–Crippen LogP) is 4.90. The first kappa shape index (κ1) is 14.8. The lowest BCUT2D eigenvalue weighted by atomic mass is 10.0. The van der Waals surface area contributed by atoms with Gasteiger partial charge in [-0.2, -0.15) is 4.57 Å². The van der Waals surface area contributed by atoms with E-state index in [4.69, 9.17) is 0 Å². The van der Waals surface area contributed by atoms with Crippen LogP contribution in [-0.2, 0) is 13.5 Å². The van der Waals surface area contributed by atoms with Gasteiger partial charge in [0.05, 0.1) is 0 Å². The van der Waals surface area contributed by atoms with Gasteiger partial charge in [0.1, 0.15) is 7.05 Å². The summed E-state index contributed by atoms with van der Waals surface area (Å²) in [5.74, 6) is 0. The summed E-state index contributed by atoms with van der Waals surface area (Å²) >= 11 is 0. The molecule has 0 atom stereocenters. The molecule has 1 nitrogen and oxygen atoms in total. The van der Waals surface area contributed by atoms with Crippen LogP contribution in [-0.4, -0.2) is 0 Å². The fourth-order valence-corrected chi connectivity index (χ4v) is 3.16. The summed E-state index contributed by atoms with van der Waals surface area (Å²) in [5.41, 5.74) is 7.96. The minimum absolute atomic E-state index is 1.14. The predicted molar refractivity (Wildman–Crippen MR) is 94.0 cm³/mol. The lowest BCUT2D eigenvalue weighted by molar-refractivity contribution is -0.633. The molecule has 0 unspecified atom stereocenters. The van der Waals surface area contributed by atoms with E-state index in [0.29, 0.717) is 0 Å². The maximum Gasteiger partial charge on any atom is 0.213 e. The van der Waals surface area contributed by atoms with Gasteiger partial charge in [-0.3, -0.25) is 0 Å². The van der Waals surface area contributed by atoms with Crippen LogP contribution in [0.4, 0.5) is 0 Å². The van der Waals surface area contributed by atoms with E-state index in [0.717, 1.165) is 6.42 Å². The topological polar surface area (TPSA) is 3.88 Å². The van der Waals surface area contributed by atoms with E-state index in [1.54, 1.807) is 0 Å². The van der Waals surface area contributed by atoms with E-state index in [2.05, 4.69) is 80.9 Å². The second-order valence-corrected chi connectivity index (χ2v) is 6.24. The molecule has 3 rings (SSSR count). The van der Waals surface area contributed by atoms with Crippen LogP contribution in [0.3, 0.4) is 0 Å². The molecule has 0 aliphatic rings. The Hall–Kier alpha value is -2.15. The molecule has 0 fully saturated rings. The van der Waals surface area contributed by atoms with E-state index in [9.17, 15) is 0 Å². The van der Waals surface area contributed by atoms with Gasteiger partial charge in [-0.25, -0.2) is 0 Å². The summed E-state index contributed by atoms with van der Waals surface area (Å²) in [4.78, 5) is 0. The number of hydrogen-bond acceptors (Lipinski definition) is 0. The average molecular weight is 290 g/mol. The maximum absolute atomic E-state index is 2.34. The summed E-state index contributed by atoms with van der Waals surface area (Å²) in [6.07, 6.45) is 2.33. The van der Waals surface area contributed by atoms with Crippen LogP contribution in [0, 0.1) is 13.8 Å². The molecular formula is C21H24N+. The van der Waals surface area contributed by atoms with Crippen molar-refractivity contribution in [2.24, 2.45) is 7.05 Å². The van der Waals surface area contributed by atoms with Gasteiger partial charge < -0.3 is 0 Å². The molecular weight excluding hydrogens is 266 g/mol. The second-order valence-electron chi connectivity index (χ2n) is 6.24. The van der Waals surface area contributed by atoms with Gasteiger partial charge in [-0.1, -0.05) is 37.1 Å². The summed E-state index contributed by atoms with van der Waals surface area (Å²) in [6, 6.07) is 18.0. The van der Waals surface area contributed by atoms with E-state index in [1.165, 1.54) is 45.3 Å². The monoisotopic (exact) mass is 290 g/mol. The fourth-order valence-electron chi connectivity index (χ4n) is 3.16. The minimum atomic E-state index is 1.14. The largest absolute Gasteiger partial charge is 0.213 e. The Morgan fingerprint density at radius 1 is 0.909 bits per heavy atom. The molecule has 0 bridgehead atoms. The lowest BCUT2D eigenvalue weighted by Gasteiger charge is -2.08. The van der Waals surface area contributed by atoms with E-state index >= 15 is 0 Å². The molecule has 0 aliphatic carbocycles. The van der Waals surface area contributed by atoms with Crippen LogP contribution in [0.15, 0.2) is 48.5 Å². The van der Waals surface area contributed by atoms with Crippen molar-refractivity contribution in [3.63, 3.8) is 0 Å². The molecule has 2 aromatic carbocycles. The standard InChI is InChI=1S/C21H24N/c1-5-6-17-9-10-18-11-12-20(22(4)21(18)14-17)19-13-15(2)7-8-16(19)3/h7-14H,5-6H2,1-4H3/q+1. The molecule has 0 N–H and O–H groups in total. The number of rotatable bonds is 3. The zero-order chi connectivity index (χ0) is 15.7. The molecule has 22 heavy (non-hydrogen) atoms. The van der Waals surface area contributed by atoms with E-state index in [-0.39, 0.29) is 0 Å². The second kappa shape index (κ2) is 5.92. The quantitative estimate of drug-likeness (QED) is 0.604. The molecule has 0 radical (unpaired) electrons. The fraction of sp³-hybridized carbons (Fsp3) is 0.286. The molecule has 0 saturated carbocycles. The van der Waals surface area contributed by atoms with Gasteiger partial charge in [-0.15, -0.1) is 0 Å². The van der Waals surface area contributed by atoms with Crippen molar-refractivity contribution in [1.29, 1.82) is 0 Å². The van der Waals surface area contributed by atoms with Gasteiger partial charge in [-0.05, 0) is 49.6 Å². The van der Waals surface area contributed by atoms with Gasteiger partial charge >= 0.3 is 0 Å². The third kappa shape index (κ3) is 2.64. The Morgan fingerprint density at radius 2 is 1.68 bits per heavy atom. The highest BCUT2D eigenvalue weighted by molar-refractivity contribution is 5.78. The number of hydrogen-bond donors (Lipinski definition) is 0. The number of aryl methyl sites for hydroxylation is 4. The average Bonchev–Trinajstić information content (AvgIpc) is 2.51. The number of benzene rings is 2. The first-order valence-corrected chi connectivity index (χ1v) is 8.09. The molecule has 0 spiro atoms. The van der Waals surface area contributed by atoms with E-state index < -0.39 is 0 Å². The van der Waals surface area contributed by atoms with Crippen molar-refractivity contribution in [1.82, 2.24) is 0 Å². The maximum atomic E-state index is 2.34. The number of nitrogens with zero attached hydrogens (tertiary/aromatic N) is 1. The number of pyridine rings is 1. The summed E-state index contributed by atoms with van der Waals surface area (Å²) in [6.45, 7) is 6.58. The first-order valence-electron chi connectivity index (χ1n) is 8.09. The molecule has 1 heteroatoms. The summed E-state index contributed by atoms with van der Waals surface area (Å²) < 4.78 is 2.33. The highest BCUT2D eigenvalue weighted by atomic mass is 14.9. The van der Waals surface area contributed by atoms with Crippen LogP contribution in [0.25, 0.3) is 22.2 Å². The highest BCUT2D eigenvalue weighted by Gasteiger charge is 2.16. The van der Waals surface area contributed by atoms with Crippen LogP contribution in [0.5, 0.6) is 0 Å². The highest BCUT2D eigenvalue weighted by Crippen LogP contribution is 2.24. The Balaban J connectivity index is 2.22. The van der Waals surface area contributed by atoms with Crippen molar-refractivity contribution in [3.05, 3.63) is 65.2 Å². The zero-order valence-electron chi connectivity index (χ0n) is 14.0. The number of aromatic nitrogens is 1. The molecule has 112 valence electrons. The van der Waals surface area contributed by atoms with Crippen LogP contribution >= 0.6 is 0 Å². The SMILES string of the molecule is CCCc1ccc2ccc(-c3cc(C)ccc3C)[n+](C)c2c1. The van der Waals surface area contributed by atoms with Gasteiger partial charge in [0.15, 0.2) is 0 Å². The summed E-state index contributed by atoms with van der Waals surface area (Å²) in [7, 11) is 2.18. The molecule has 0 aliphatic heterocycles. The molecule has 1 aromatic heterocycles. The molecule has 3 aromatic rings. The Kier molecular flexibility index (Phi) is 3.98. The third-order valence-electron chi connectivity index (χ3n) is 4.45.